The van der Waals surface area contributed by atoms with E-state index in [0.29, 0.717) is 5.92 Å². The minimum Gasteiger partial charge on any atom is -0.487 e. The van der Waals surface area contributed by atoms with Crippen LogP contribution in [0.1, 0.15) is 58.1 Å². The molecular formula is C16H25NO. The van der Waals surface area contributed by atoms with Gasteiger partial charge in [-0.3, -0.25) is 0 Å². The molecule has 100 valence electrons. The molecule has 1 heterocycles. The van der Waals surface area contributed by atoms with Crippen molar-refractivity contribution >= 4 is 0 Å². The van der Waals surface area contributed by atoms with Gasteiger partial charge < -0.3 is 10.5 Å². The van der Waals surface area contributed by atoms with E-state index in [0.717, 1.165) is 30.6 Å². The van der Waals surface area contributed by atoms with Crippen molar-refractivity contribution in [3.63, 3.8) is 0 Å². The first-order chi connectivity index (χ1) is 8.60. The molecule has 2 nitrogen and oxygen atoms in total. The second-order valence-corrected chi connectivity index (χ2v) is 5.70. The zero-order valence-corrected chi connectivity index (χ0v) is 11.8. The number of ether oxygens (including phenoxy) is 1. The second-order valence-electron chi connectivity index (χ2n) is 5.70. The van der Waals surface area contributed by atoms with E-state index in [-0.39, 0.29) is 11.6 Å². The van der Waals surface area contributed by atoms with Gasteiger partial charge in [-0.15, -0.1) is 0 Å². The Morgan fingerprint density at radius 1 is 1.39 bits per heavy atom. The zero-order chi connectivity index (χ0) is 13.2. The van der Waals surface area contributed by atoms with Crippen LogP contribution in [0.15, 0.2) is 24.3 Å². The first-order valence-electron chi connectivity index (χ1n) is 7.13. The highest BCUT2D eigenvalue weighted by molar-refractivity contribution is 5.38. The Kier molecular flexibility index (Phi) is 3.96. The van der Waals surface area contributed by atoms with Crippen molar-refractivity contribution in [2.75, 3.05) is 0 Å². The van der Waals surface area contributed by atoms with Crippen molar-refractivity contribution in [1.82, 2.24) is 0 Å². The van der Waals surface area contributed by atoms with Gasteiger partial charge in [0.1, 0.15) is 11.4 Å². The quantitative estimate of drug-likeness (QED) is 0.871. The zero-order valence-electron chi connectivity index (χ0n) is 11.8. The third-order valence-corrected chi connectivity index (χ3v) is 4.30. The molecular weight excluding hydrogens is 222 g/mol. The highest BCUT2D eigenvalue weighted by Crippen LogP contribution is 2.43. The number of fused-ring (bicyclic) bond motifs is 1. The molecule has 0 bridgehead atoms. The molecule has 1 aliphatic rings. The fraction of sp³-hybridized carbons (Fsp3) is 0.625. The number of hydrogen-bond acceptors (Lipinski definition) is 2. The van der Waals surface area contributed by atoms with Crippen LogP contribution < -0.4 is 10.5 Å². The molecule has 18 heavy (non-hydrogen) atoms. The van der Waals surface area contributed by atoms with Crippen LogP contribution in [-0.2, 0) is 0 Å². The summed E-state index contributed by atoms with van der Waals surface area (Å²) in [5.74, 6) is 1.67. The second kappa shape index (κ2) is 5.31. The predicted molar refractivity (Wildman–Crippen MR) is 75.7 cm³/mol. The minimum absolute atomic E-state index is 0.0663. The number of hydrogen-bond donors (Lipinski definition) is 1. The maximum atomic E-state index is 6.33. The van der Waals surface area contributed by atoms with Gasteiger partial charge in [0.25, 0.3) is 0 Å². The highest BCUT2D eigenvalue weighted by Gasteiger charge is 2.38. The summed E-state index contributed by atoms with van der Waals surface area (Å²) in [5.41, 5.74) is 7.43. The minimum atomic E-state index is -0.0663. The fourth-order valence-corrected chi connectivity index (χ4v) is 2.93. The Labute approximate surface area is 111 Å². The summed E-state index contributed by atoms with van der Waals surface area (Å²) < 4.78 is 6.33. The van der Waals surface area contributed by atoms with Crippen LogP contribution >= 0.6 is 0 Å². The number of benzene rings is 1. The molecule has 0 saturated heterocycles. The maximum Gasteiger partial charge on any atom is 0.124 e. The normalized spacial score (nSPS) is 28.3. The van der Waals surface area contributed by atoms with Crippen molar-refractivity contribution in [1.29, 1.82) is 0 Å². The Hall–Kier alpha value is -1.02. The molecule has 3 atom stereocenters. The third kappa shape index (κ3) is 2.54. The van der Waals surface area contributed by atoms with E-state index in [1.165, 1.54) is 6.42 Å². The Balaban J connectivity index is 2.26. The van der Waals surface area contributed by atoms with Crippen molar-refractivity contribution < 1.29 is 4.74 Å². The van der Waals surface area contributed by atoms with Crippen LogP contribution in [0.5, 0.6) is 5.75 Å². The molecule has 1 aromatic carbocycles. The SMILES string of the molecule is CCC(C)CC1(CC)CC(N)c2ccccc2O1. The fourth-order valence-electron chi connectivity index (χ4n) is 2.93. The van der Waals surface area contributed by atoms with Crippen LogP contribution in [0, 0.1) is 5.92 Å². The van der Waals surface area contributed by atoms with Crippen molar-refractivity contribution in [2.24, 2.45) is 11.7 Å². The summed E-state index contributed by atoms with van der Waals surface area (Å²) >= 11 is 0. The molecule has 1 aromatic rings. The first kappa shape index (κ1) is 13.4. The van der Waals surface area contributed by atoms with Gasteiger partial charge in [-0.25, -0.2) is 0 Å². The largest absolute Gasteiger partial charge is 0.487 e. The lowest BCUT2D eigenvalue weighted by atomic mass is 9.79. The Morgan fingerprint density at radius 3 is 2.78 bits per heavy atom. The Morgan fingerprint density at radius 2 is 2.11 bits per heavy atom. The molecule has 0 aliphatic carbocycles. The van der Waals surface area contributed by atoms with E-state index in [9.17, 15) is 0 Å². The highest BCUT2D eigenvalue weighted by atomic mass is 16.5. The molecule has 2 rings (SSSR count). The van der Waals surface area contributed by atoms with E-state index in [1.807, 2.05) is 12.1 Å². The lowest BCUT2D eigenvalue weighted by molar-refractivity contribution is 0.0104. The maximum absolute atomic E-state index is 6.33. The predicted octanol–water partition coefficient (Wildman–Crippen LogP) is 4.05. The molecule has 0 fully saturated rings. The van der Waals surface area contributed by atoms with Crippen molar-refractivity contribution in [3.05, 3.63) is 29.8 Å². The van der Waals surface area contributed by atoms with Crippen molar-refractivity contribution in [2.45, 2.75) is 58.1 Å². The molecule has 0 spiro atoms. The van der Waals surface area contributed by atoms with E-state index >= 15 is 0 Å². The standard InChI is InChI=1S/C16H25NO/c1-4-12(3)10-16(5-2)11-14(17)13-8-6-7-9-15(13)18-16/h6-9,12,14H,4-5,10-11,17H2,1-3H3. The van der Waals surface area contributed by atoms with Gasteiger partial charge in [0.15, 0.2) is 0 Å². The summed E-state index contributed by atoms with van der Waals surface area (Å²) in [5, 5.41) is 0. The van der Waals surface area contributed by atoms with Gasteiger partial charge in [-0.2, -0.15) is 0 Å². The molecule has 2 heteroatoms. The van der Waals surface area contributed by atoms with Crippen LogP contribution in [0.25, 0.3) is 0 Å². The molecule has 1 aliphatic heterocycles. The van der Waals surface area contributed by atoms with E-state index in [1.54, 1.807) is 0 Å². The lowest BCUT2D eigenvalue weighted by Gasteiger charge is -2.42. The molecule has 0 aromatic heterocycles. The molecule has 2 N–H and O–H groups in total. The molecule has 0 amide bonds. The molecule has 0 saturated carbocycles. The van der Waals surface area contributed by atoms with Gasteiger partial charge in [-0.1, -0.05) is 45.4 Å². The topological polar surface area (TPSA) is 35.2 Å². The summed E-state index contributed by atoms with van der Waals surface area (Å²) in [7, 11) is 0. The van der Waals surface area contributed by atoms with Gasteiger partial charge >= 0.3 is 0 Å². The average molecular weight is 247 g/mol. The van der Waals surface area contributed by atoms with Gasteiger partial charge in [0, 0.05) is 18.0 Å². The van der Waals surface area contributed by atoms with Crippen molar-refractivity contribution in [3.8, 4) is 5.75 Å². The molecule has 3 unspecified atom stereocenters. The van der Waals surface area contributed by atoms with E-state index in [4.69, 9.17) is 10.5 Å². The summed E-state index contributed by atoms with van der Waals surface area (Å²) in [6.45, 7) is 6.75. The van der Waals surface area contributed by atoms with Crippen LogP contribution in [0.2, 0.25) is 0 Å². The Bertz CT molecular complexity index is 404. The van der Waals surface area contributed by atoms with Crippen LogP contribution in [0.3, 0.4) is 0 Å². The average Bonchev–Trinajstić information content (AvgIpc) is 2.38. The monoisotopic (exact) mass is 247 g/mol. The van der Waals surface area contributed by atoms with E-state index < -0.39 is 0 Å². The van der Waals surface area contributed by atoms with Crippen LogP contribution in [0.4, 0.5) is 0 Å². The smallest absolute Gasteiger partial charge is 0.124 e. The van der Waals surface area contributed by atoms with Gasteiger partial charge in [-0.05, 0) is 24.8 Å². The number of para-hydroxylation sites is 1. The lowest BCUT2D eigenvalue weighted by Crippen LogP contribution is -2.43. The number of nitrogens with two attached hydrogens (primary N) is 1. The molecule has 0 radical (unpaired) electrons. The van der Waals surface area contributed by atoms with Gasteiger partial charge in [0.2, 0.25) is 0 Å². The van der Waals surface area contributed by atoms with E-state index in [2.05, 4.69) is 32.9 Å². The van der Waals surface area contributed by atoms with Crippen LogP contribution in [-0.4, -0.2) is 5.60 Å². The summed E-state index contributed by atoms with van der Waals surface area (Å²) in [6.07, 6.45) is 4.26. The number of rotatable bonds is 4. The summed E-state index contributed by atoms with van der Waals surface area (Å²) in [6, 6.07) is 8.31. The first-order valence-corrected chi connectivity index (χ1v) is 7.13. The van der Waals surface area contributed by atoms with Gasteiger partial charge in [0.05, 0.1) is 0 Å². The third-order valence-electron chi connectivity index (χ3n) is 4.30. The summed E-state index contributed by atoms with van der Waals surface area (Å²) in [4.78, 5) is 0.